The van der Waals surface area contributed by atoms with E-state index < -0.39 is 0 Å². The molecule has 0 N–H and O–H groups in total. The van der Waals surface area contributed by atoms with Crippen LogP contribution >= 0.6 is 94.1 Å². The van der Waals surface area contributed by atoms with Crippen molar-refractivity contribution in [2.75, 3.05) is 25.0 Å². The summed E-state index contributed by atoms with van der Waals surface area (Å²) in [6, 6.07) is 31.4. The molecule has 0 atom stereocenters. The molecule has 0 unspecified atom stereocenters. The quantitative estimate of drug-likeness (QED) is 0.189. The summed E-state index contributed by atoms with van der Waals surface area (Å²) in [4.78, 5) is 0. The molecule has 4 aromatic carbocycles. The van der Waals surface area contributed by atoms with Crippen molar-refractivity contribution in [1.29, 1.82) is 0 Å². The number of hydrogen-bond donors (Lipinski definition) is 0. The molecule has 2 heterocycles. The first-order valence-electron chi connectivity index (χ1n) is 12.5. The molecular weight excluding hydrogens is 641 g/mol. The number of rotatable bonds is 7. The third-order valence-electron chi connectivity index (χ3n) is 6.55. The summed E-state index contributed by atoms with van der Waals surface area (Å²) in [6.45, 7) is 0. The van der Waals surface area contributed by atoms with E-state index in [-0.39, 0.29) is 0 Å². The Morgan fingerprint density at radius 2 is 0.750 bits per heavy atom. The minimum atomic E-state index is 1.27. The molecule has 202 valence electrons. The Morgan fingerprint density at radius 1 is 0.425 bits per heavy atom. The SMILES string of the molecule is CSC1=C(SC)SC(=C(C(=C2SC(SC)=C(SC)S2)c2ccc3ccccc3c2)c2ccc3ccccc3c2)S1. The molecular formula is C32H26S8. The largest absolute Gasteiger partial charge is 0.121 e. The van der Waals surface area contributed by atoms with Crippen molar-refractivity contribution in [2.24, 2.45) is 0 Å². The molecule has 4 aromatic rings. The average Bonchev–Trinajstić information content (AvgIpc) is 3.62. The standard InChI is InChI=1S/C32H26S8/c1-33-29-30(34-2)38-27(37-29)25(23-15-13-19-9-5-7-11-21(19)17-23)26(28-39-31(35-3)32(36-4)40-28)24-16-14-20-10-6-8-12-22(20)18-24/h5-18H,1-4H3. The number of hydrogen-bond acceptors (Lipinski definition) is 8. The fourth-order valence-electron chi connectivity index (χ4n) is 4.67. The third kappa shape index (κ3) is 5.85. The lowest BCUT2D eigenvalue weighted by molar-refractivity contribution is 1.63. The monoisotopic (exact) mass is 666 g/mol. The maximum absolute atomic E-state index is 2.39. The first-order valence-corrected chi connectivity index (χ1v) is 20.6. The van der Waals surface area contributed by atoms with Crippen molar-refractivity contribution in [1.82, 2.24) is 0 Å². The lowest BCUT2D eigenvalue weighted by atomic mass is 9.92. The van der Waals surface area contributed by atoms with Crippen molar-refractivity contribution in [3.05, 3.63) is 121 Å². The highest BCUT2D eigenvalue weighted by Crippen LogP contribution is 2.64. The first-order chi connectivity index (χ1) is 19.6. The van der Waals surface area contributed by atoms with Gasteiger partial charge in [-0.1, -0.05) is 120 Å². The van der Waals surface area contributed by atoms with Gasteiger partial charge in [-0.05, 0) is 69.8 Å². The molecule has 0 saturated heterocycles. The molecule has 0 fully saturated rings. The molecule has 0 bridgehead atoms. The summed E-state index contributed by atoms with van der Waals surface area (Å²) in [7, 11) is 0. The van der Waals surface area contributed by atoms with E-state index in [1.165, 1.54) is 69.2 Å². The maximum atomic E-state index is 2.39. The number of benzene rings is 4. The first kappa shape index (κ1) is 29.2. The van der Waals surface area contributed by atoms with Crippen LogP contribution in [0.2, 0.25) is 0 Å². The van der Waals surface area contributed by atoms with Crippen LogP contribution in [0.15, 0.2) is 110 Å². The van der Waals surface area contributed by atoms with Crippen LogP contribution in [0.1, 0.15) is 11.1 Å². The predicted octanol–water partition coefficient (Wildman–Crippen LogP) is 12.7. The van der Waals surface area contributed by atoms with Crippen LogP contribution in [0.4, 0.5) is 0 Å². The van der Waals surface area contributed by atoms with Crippen LogP contribution in [0, 0.1) is 0 Å². The smallest absolute Gasteiger partial charge is 0.0657 e. The second kappa shape index (κ2) is 13.2. The van der Waals surface area contributed by atoms with E-state index in [1.54, 1.807) is 0 Å². The topological polar surface area (TPSA) is 0 Å². The fourth-order valence-corrected chi connectivity index (χ4v) is 14.9. The van der Waals surface area contributed by atoms with Gasteiger partial charge in [0.15, 0.2) is 0 Å². The van der Waals surface area contributed by atoms with Gasteiger partial charge in [-0.3, -0.25) is 0 Å². The Morgan fingerprint density at radius 3 is 1.07 bits per heavy atom. The van der Waals surface area contributed by atoms with E-state index in [9.17, 15) is 0 Å². The number of fused-ring (bicyclic) bond motifs is 2. The fraction of sp³-hybridized carbons (Fsp3) is 0.125. The Hall–Kier alpha value is -0.840. The summed E-state index contributed by atoms with van der Waals surface area (Å²) in [5.41, 5.74) is 5.22. The molecule has 0 amide bonds. The maximum Gasteiger partial charge on any atom is 0.0657 e. The van der Waals surface area contributed by atoms with Crippen molar-refractivity contribution >= 4 is 127 Å². The zero-order valence-corrected chi connectivity index (χ0v) is 28.9. The zero-order valence-electron chi connectivity index (χ0n) is 22.3. The summed E-state index contributed by atoms with van der Waals surface area (Å²) < 4.78 is 8.32. The number of thioether (sulfide) groups is 8. The van der Waals surface area contributed by atoms with Crippen molar-refractivity contribution in [3.63, 3.8) is 0 Å². The van der Waals surface area contributed by atoms with E-state index in [0.717, 1.165) is 0 Å². The molecule has 2 aliphatic rings. The molecule has 0 spiro atoms. The van der Waals surface area contributed by atoms with Crippen LogP contribution < -0.4 is 0 Å². The van der Waals surface area contributed by atoms with Crippen LogP contribution in [-0.2, 0) is 0 Å². The summed E-state index contributed by atoms with van der Waals surface area (Å²) in [5.74, 6) is 0. The lowest BCUT2D eigenvalue weighted by Crippen LogP contribution is -1.96. The predicted molar refractivity (Wildman–Crippen MR) is 200 cm³/mol. The van der Waals surface area contributed by atoms with Gasteiger partial charge in [-0.25, -0.2) is 0 Å². The highest BCUT2D eigenvalue weighted by Gasteiger charge is 2.31. The average molecular weight is 667 g/mol. The summed E-state index contributed by atoms with van der Waals surface area (Å²) >= 11 is 15.2. The normalized spacial score (nSPS) is 15.7. The van der Waals surface area contributed by atoms with Gasteiger partial charge in [0.2, 0.25) is 0 Å². The van der Waals surface area contributed by atoms with Gasteiger partial charge in [-0.15, -0.1) is 47.0 Å². The highest BCUT2D eigenvalue weighted by atomic mass is 32.3. The van der Waals surface area contributed by atoms with E-state index in [0.29, 0.717) is 0 Å². The van der Waals surface area contributed by atoms with Gasteiger partial charge < -0.3 is 0 Å². The molecule has 8 heteroatoms. The van der Waals surface area contributed by atoms with Crippen LogP contribution in [0.5, 0.6) is 0 Å². The van der Waals surface area contributed by atoms with Crippen LogP contribution in [0.3, 0.4) is 0 Å². The minimum absolute atomic E-state index is 1.27. The van der Waals surface area contributed by atoms with Crippen LogP contribution in [-0.4, -0.2) is 25.0 Å². The van der Waals surface area contributed by atoms with E-state index in [1.807, 2.05) is 94.1 Å². The summed E-state index contributed by atoms with van der Waals surface area (Å²) in [6.07, 6.45) is 8.79. The second-order valence-corrected chi connectivity index (χ2v) is 17.7. The van der Waals surface area contributed by atoms with Gasteiger partial charge in [-0.2, -0.15) is 0 Å². The third-order valence-corrected chi connectivity index (χ3v) is 17.0. The Labute approximate surface area is 270 Å². The van der Waals surface area contributed by atoms with E-state index in [4.69, 9.17) is 0 Å². The van der Waals surface area contributed by atoms with Gasteiger partial charge in [0, 0.05) is 11.1 Å². The molecule has 0 aliphatic carbocycles. The molecule has 0 nitrogen and oxygen atoms in total. The Balaban J connectivity index is 1.64. The van der Waals surface area contributed by atoms with Gasteiger partial charge in [0.05, 0.1) is 25.4 Å². The van der Waals surface area contributed by atoms with Crippen molar-refractivity contribution < 1.29 is 0 Å². The molecule has 0 saturated carbocycles. The lowest BCUT2D eigenvalue weighted by Gasteiger charge is -2.20. The minimum Gasteiger partial charge on any atom is -0.121 e. The van der Waals surface area contributed by atoms with E-state index >= 15 is 0 Å². The molecule has 6 rings (SSSR count). The Bertz CT molecular complexity index is 1580. The summed E-state index contributed by atoms with van der Waals surface area (Å²) in [5, 5.41) is 5.10. The Kier molecular flexibility index (Phi) is 9.66. The van der Waals surface area contributed by atoms with Gasteiger partial charge in [0.1, 0.15) is 0 Å². The molecule has 2 aliphatic heterocycles. The van der Waals surface area contributed by atoms with Gasteiger partial charge >= 0.3 is 0 Å². The van der Waals surface area contributed by atoms with E-state index in [2.05, 4.69) is 110 Å². The molecule has 0 aromatic heterocycles. The van der Waals surface area contributed by atoms with Crippen LogP contribution in [0.25, 0.3) is 32.7 Å². The van der Waals surface area contributed by atoms with Gasteiger partial charge in [0.25, 0.3) is 0 Å². The van der Waals surface area contributed by atoms with Crippen molar-refractivity contribution in [2.45, 2.75) is 0 Å². The van der Waals surface area contributed by atoms with Crippen molar-refractivity contribution in [3.8, 4) is 0 Å². The second-order valence-electron chi connectivity index (χ2n) is 8.82. The molecule has 40 heavy (non-hydrogen) atoms. The zero-order chi connectivity index (χ0) is 27.6. The highest BCUT2D eigenvalue weighted by molar-refractivity contribution is 8.41. The number of allylic oxidation sites excluding steroid dienone is 2. The molecule has 0 radical (unpaired) electrons.